The highest BCUT2D eigenvalue weighted by Gasteiger charge is 2.39. The van der Waals surface area contributed by atoms with Crippen LogP contribution in [0.4, 0.5) is 5.69 Å². The number of piperidine rings is 1. The summed E-state index contributed by atoms with van der Waals surface area (Å²) in [5, 5.41) is 4.96. The van der Waals surface area contributed by atoms with Gasteiger partial charge in [0.1, 0.15) is 6.04 Å². The summed E-state index contributed by atoms with van der Waals surface area (Å²) in [7, 11) is 0. The number of morpholine rings is 1. The van der Waals surface area contributed by atoms with E-state index in [0.29, 0.717) is 27.3 Å². The van der Waals surface area contributed by atoms with E-state index in [2.05, 4.69) is 10.1 Å². The summed E-state index contributed by atoms with van der Waals surface area (Å²) in [6.07, 6.45) is -6.11. The molecule has 2 saturated heterocycles. The highest BCUT2D eigenvalue weighted by Crippen LogP contribution is 2.32. The van der Waals surface area contributed by atoms with E-state index < -0.39 is 69.2 Å². The predicted molar refractivity (Wildman–Crippen MR) is 122 cm³/mol. The van der Waals surface area contributed by atoms with Crippen molar-refractivity contribution in [3.05, 3.63) is 64.7 Å². The summed E-state index contributed by atoms with van der Waals surface area (Å²) >= 11 is 0. The van der Waals surface area contributed by atoms with Crippen LogP contribution in [-0.4, -0.2) is 59.7 Å². The van der Waals surface area contributed by atoms with Gasteiger partial charge in [-0.1, -0.05) is 30.3 Å². The number of carbonyl (C=O) groups excluding carboxylic acids is 3. The minimum atomic E-state index is -3.17. The predicted octanol–water partition coefficient (Wildman–Crippen LogP) is 1.89. The second kappa shape index (κ2) is 9.33. The Balaban J connectivity index is 1.36. The molecule has 0 radical (unpaired) electrons. The van der Waals surface area contributed by atoms with Crippen LogP contribution in [0.5, 0.6) is 0 Å². The molecule has 3 amide bonds. The number of ether oxygens (including phenoxy) is 1. The van der Waals surface area contributed by atoms with E-state index in [1.54, 1.807) is 36.4 Å². The molecule has 2 fully saturated rings. The third kappa shape index (κ3) is 4.62. The highest BCUT2D eigenvalue weighted by atomic mass is 16.5. The maximum atomic E-state index is 13.3. The molecule has 1 unspecified atom stereocenters. The summed E-state index contributed by atoms with van der Waals surface area (Å²) in [6.45, 7) is -13.1. The molecule has 1 atom stereocenters. The minimum absolute atomic E-state index is 0.116. The summed E-state index contributed by atoms with van der Waals surface area (Å²) in [4.78, 5) is 39.3. The molecule has 2 N–H and O–H groups in total. The molecule has 3 aliphatic heterocycles. The van der Waals surface area contributed by atoms with E-state index in [-0.39, 0.29) is 18.7 Å². The van der Waals surface area contributed by atoms with Gasteiger partial charge >= 0.3 is 0 Å². The second-order valence-electron chi connectivity index (χ2n) is 7.54. The van der Waals surface area contributed by atoms with Gasteiger partial charge in [0.05, 0.1) is 18.6 Å². The number of benzene rings is 2. The zero-order valence-electron chi connectivity index (χ0n) is 29.3. The summed E-state index contributed by atoms with van der Waals surface area (Å²) in [5.41, 5.74) is 1.92. The average Bonchev–Trinajstić information content (AvgIpc) is 3.24. The van der Waals surface area contributed by atoms with Crippen LogP contribution in [0.15, 0.2) is 42.5 Å². The lowest BCUT2D eigenvalue weighted by atomic mass is 10.0. The van der Waals surface area contributed by atoms with Crippen LogP contribution in [-0.2, 0) is 34.0 Å². The molecule has 5 rings (SSSR count). The van der Waals surface area contributed by atoms with E-state index in [4.69, 9.17) is 16.4 Å². The lowest BCUT2D eigenvalue weighted by Crippen LogP contribution is -2.52. The van der Waals surface area contributed by atoms with Crippen molar-refractivity contribution in [2.45, 2.75) is 38.4 Å². The molecular formula is C25H28N4O4. The first kappa shape index (κ1) is 11.8. The van der Waals surface area contributed by atoms with Crippen LogP contribution >= 0.6 is 0 Å². The number of nitrogens with one attached hydrogen (secondary N) is 2. The van der Waals surface area contributed by atoms with Crippen molar-refractivity contribution >= 4 is 23.4 Å². The van der Waals surface area contributed by atoms with Gasteiger partial charge in [0.15, 0.2) is 0 Å². The number of fused-ring (bicyclic) bond motifs is 1. The van der Waals surface area contributed by atoms with Crippen molar-refractivity contribution in [3.63, 3.8) is 0 Å². The molecule has 0 bridgehead atoms. The fourth-order valence-corrected chi connectivity index (χ4v) is 3.87. The number of anilines is 1. The quantitative estimate of drug-likeness (QED) is 0.640. The van der Waals surface area contributed by atoms with Crippen molar-refractivity contribution in [2.75, 3.05) is 31.4 Å². The molecular weight excluding hydrogens is 420 g/mol. The number of carbonyl (C=O) groups is 3. The smallest absolute Gasteiger partial charge is 0.255 e. The van der Waals surface area contributed by atoms with Gasteiger partial charge in [-0.25, -0.2) is 0 Å². The number of nitrogens with zero attached hydrogens (tertiary/aromatic N) is 2. The number of hydrogen-bond donors (Lipinski definition) is 2. The van der Waals surface area contributed by atoms with Gasteiger partial charge < -0.3 is 15.0 Å². The third-order valence-corrected chi connectivity index (χ3v) is 5.39. The van der Waals surface area contributed by atoms with Crippen molar-refractivity contribution < 1.29 is 35.6 Å². The minimum Gasteiger partial charge on any atom is -0.381 e. The van der Waals surface area contributed by atoms with E-state index in [1.807, 2.05) is 5.32 Å². The van der Waals surface area contributed by atoms with Crippen LogP contribution in [0.1, 0.15) is 56.2 Å². The average molecular weight is 461 g/mol. The Morgan fingerprint density at radius 3 is 2.73 bits per heavy atom. The number of hydrogen-bond acceptors (Lipinski definition) is 6. The van der Waals surface area contributed by atoms with Crippen LogP contribution in [0.3, 0.4) is 0 Å². The van der Waals surface area contributed by atoms with Gasteiger partial charge in [0, 0.05) is 66.8 Å². The molecule has 33 heavy (non-hydrogen) atoms. The monoisotopic (exact) mass is 460 g/mol. The van der Waals surface area contributed by atoms with Gasteiger partial charge in [-0.3, -0.25) is 24.6 Å². The molecule has 0 saturated carbocycles. The molecule has 0 aromatic heterocycles. The standard InChI is InChI=1S/C25H28N4O4/c30-23-8-7-22(24(31)27-23)29-16-20-19(25(29)32)5-2-6-21(20)26-14-17-3-1-4-18(13-17)15-28-9-11-33-12-10-28/h1-6,13,22,26H,7-12,14-16H2,(H,27,30,31)/i7D2,8D2,9D2,10D2,11D2,12D2. The Hall–Kier alpha value is -3.23. The Bertz CT molecular complexity index is 1560. The van der Waals surface area contributed by atoms with Gasteiger partial charge in [-0.15, -0.1) is 0 Å². The zero-order chi connectivity index (χ0) is 33.5. The summed E-state index contributed by atoms with van der Waals surface area (Å²) in [5.74, 6) is -3.29. The maximum absolute atomic E-state index is 13.3. The normalized spacial score (nSPS) is 35.7. The van der Waals surface area contributed by atoms with E-state index in [0.717, 1.165) is 4.90 Å². The molecule has 2 aromatic rings. The van der Waals surface area contributed by atoms with Crippen molar-refractivity contribution in [2.24, 2.45) is 0 Å². The SMILES string of the molecule is [2H]C1([2H])OC([2H])([2H])C([2H])([2H])N(Cc2cccc(CNc3cccc4c3CN(C3C(=O)NC(=O)C([2H])([2H])C3([2H])[2H])C4=O)c2)C1([2H])[2H]. The fraction of sp³-hybridized carbons (Fsp3) is 0.400. The Morgan fingerprint density at radius 1 is 1.09 bits per heavy atom. The van der Waals surface area contributed by atoms with Crippen LogP contribution in [0.25, 0.3) is 0 Å². The number of rotatable bonds is 6. The largest absolute Gasteiger partial charge is 0.381 e. The van der Waals surface area contributed by atoms with Gasteiger partial charge in [-0.05, 0) is 29.6 Å². The Labute approximate surface area is 209 Å². The second-order valence-corrected chi connectivity index (χ2v) is 7.54. The first-order valence-electron chi connectivity index (χ1n) is 16.1. The number of amides is 3. The van der Waals surface area contributed by atoms with Gasteiger partial charge in [0.25, 0.3) is 5.91 Å². The maximum Gasteiger partial charge on any atom is 0.255 e. The first-order valence-corrected chi connectivity index (χ1v) is 10.1. The molecule has 2 aromatic carbocycles. The lowest BCUT2D eigenvalue weighted by Gasteiger charge is -2.29. The van der Waals surface area contributed by atoms with Crippen molar-refractivity contribution in [1.82, 2.24) is 15.1 Å². The molecule has 3 aliphatic rings. The molecule has 8 heteroatoms. The van der Waals surface area contributed by atoms with Crippen LogP contribution in [0.2, 0.25) is 0 Å². The first-order chi connectivity index (χ1) is 20.6. The summed E-state index contributed by atoms with van der Waals surface area (Å²) < 4.78 is 101. The van der Waals surface area contributed by atoms with Crippen LogP contribution in [0, 0.1) is 0 Å². The molecule has 3 heterocycles. The molecule has 172 valence electrons. The van der Waals surface area contributed by atoms with Crippen LogP contribution < -0.4 is 10.6 Å². The van der Waals surface area contributed by atoms with E-state index in [1.165, 1.54) is 6.07 Å². The molecule has 0 spiro atoms. The Morgan fingerprint density at radius 2 is 1.88 bits per heavy atom. The fourth-order valence-electron chi connectivity index (χ4n) is 3.87. The van der Waals surface area contributed by atoms with E-state index >= 15 is 0 Å². The topological polar surface area (TPSA) is 91.0 Å². The third-order valence-electron chi connectivity index (χ3n) is 5.39. The highest BCUT2D eigenvalue weighted by molar-refractivity contribution is 6.06. The Kier molecular flexibility index (Phi) is 3.32. The lowest BCUT2D eigenvalue weighted by molar-refractivity contribution is -0.136. The molecule has 8 nitrogen and oxygen atoms in total. The number of imide groups is 1. The van der Waals surface area contributed by atoms with Gasteiger partial charge in [-0.2, -0.15) is 0 Å². The van der Waals surface area contributed by atoms with E-state index in [9.17, 15) is 14.4 Å². The summed E-state index contributed by atoms with van der Waals surface area (Å²) in [6, 6.07) is 9.16. The van der Waals surface area contributed by atoms with Gasteiger partial charge in [0.2, 0.25) is 11.8 Å². The zero-order valence-corrected chi connectivity index (χ0v) is 17.3. The van der Waals surface area contributed by atoms with Crippen molar-refractivity contribution in [1.29, 1.82) is 0 Å². The molecule has 0 aliphatic carbocycles. The van der Waals surface area contributed by atoms with Crippen molar-refractivity contribution in [3.8, 4) is 0 Å².